The van der Waals surface area contributed by atoms with E-state index < -0.39 is 11.7 Å². The fraction of sp³-hybridized carbons (Fsp3) is 0.0800. The number of amides is 1. The van der Waals surface area contributed by atoms with Gasteiger partial charge in [-0.3, -0.25) is 10.1 Å². The summed E-state index contributed by atoms with van der Waals surface area (Å²) in [6.07, 6.45) is 1.45. The maximum atomic E-state index is 13.2. The molecule has 0 saturated carbocycles. The van der Waals surface area contributed by atoms with Crippen LogP contribution in [0.4, 0.5) is 10.3 Å². The van der Waals surface area contributed by atoms with Gasteiger partial charge < -0.3 is 9.15 Å². The number of carbonyl (C=O) groups excluding carboxylic acids is 1. The number of halogens is 2. The minimum atomic E-state index is -0.492. The second-order valence-corrected chi connectivity index (χ2v) is 7.89. The molecule has 34 heavy (non-hydrogen) atoms. The summed E-state index contributed by atoms with van der Waals surface area (Å²) in [5.74, 6) is 0.538. The molecule has 9 heteroatoms. The molecule has 0 bridgehead atoms. The fourth-order valence-electron chi connectivity index (χ4n) is 3.46. The molecule has 170 valence electrons. The van der Waals surface area contributed by atoms with Crippen molar-refractivity contribution in [2.45, 2.75) is 13.2 Å². The fourth-order valence-corrected chi connectivity index (χ4v) is 3.69. The summed E-state index contributed by atoms with van der Waals surface area (Å²) in [4.78, 5) is 16.6. The van der Waals surface area contributed by atoms with Crippen molar-refractivity contribution in [1.29, 1.82) is 0 Å². The second-order valence-electron chi connectivity index (χ2n) is 7.49. The van der Waals surface area contributed by atoms with Crippen molar-refractivity contribution in [2.24, 2.45) is 0 Å². The Morgan fingerprint density at radius 2 is 1.94 bits per heavy atom. The van der Waals surface area contributed by atoms with Gasteiger partial charge in [0.15, 0.2) is 5.76 Å². The summed E-state index contributed by atoms with van der Waals surface area (Å²) < 4.78 is 26.2. The molecule has 0 fully saturated rings. The van der Waals surface area contributed by atoms with E-state index in [9.17, 15) is 9.18 Å². The van der Waals surface area contributed by atoms with Crippen LogP contribution in [0.15, 0.2) is 83.5 Å². The first-order chi connectivity index (χ1) is 16.5. The van der Waals surface area contributed by atoms with Crippen LogP contribution >= 0.6 is 11.6 Å². The summed E-state index contributed by atoms with van der Waals surface area (Å²) >= 11 is 6.05. The zero-order chi connectivity index (χ0) is 23.5. The van der Waals surface area contributed by atoms with Gasteiger partial charge in [0.2, 0.25) is 5.95 Å². The summed E-state index contributed by atoms with van der Waals surface area (Å²) in [6.45, 7) is 0.449. The van der Waals surface area contributed by atoms with Gasteiger partial charge in [-0.1, -0.05) is 54.1 Å². The number of rotatable bonds is 7. The van der Waals surface area contributed by atoms with Crippen LogP contribution in [0.1, 0.15) is 21.9 Å². The van der Waals surface area contributed by atoms with Crippen LogP contribution < -0.4 is 10.1 Å². The van der Waals surface area contributed by atoms with Gasteiger partial charge in [-0.2, -0.15) is 0 Å². The number of ether oxygens (including phenoxy) is 1. The average molecular weight is 477 g/mol. The topological polar surface area (TPSA) is 82.2 Å². The molecule has 2 heterocycles. The lowest BCUT2D eigenvalue weighted by Crippen LogP contribution is -2.12. The number of nitrogens with one attached hydrogen (secondary N) is 1. The highest BCUT2D eigenvalue weighted by Gasteiger charge is 2.15. The number of benzene rings is 3. The molecule has 5 aromatic rings. The number of hydrogen-bond acceptors (Lipinski definition) is 5. The Balaban J connectivity index is 1.20. The first-order valence-corrected chi connectivity index (χ1v) is 10.8. The van der Waals surface area contributed by atoms with Gasteiger partial charge in [-0.05, 0) is 41.3 Å². The lowest BCUT2D eigenvalue weighted by molar-refractivity contribution is 0.0991. The van der Waals surface area contributed by atoms with Gasteiger partial charge in [0.05, 0.1) is 6.54 Å². The third kappa shape index (κ3) is 4.77. The Hall–Kier alpha value is -4.17. The quantitative estimate of drug-likeness (QED) is 0.326. The molecule has 0 saturated heterocycles. The number of fused-ring (bicyclic) bond motifs is 1. The molecule has 0 aliphatic heterocycles. The minimum Gasteiger partial charge on any atom is -0.485 e. The Bertz CT molecular complexity index is 1470. The number of aromatic nitrogens is 3. The molecule has 3 aromatic carbocycles. The summed E-state index contributed by atoms with van der Waals surface area (Å²) in [5, 5.41) is 9.15. The number of furan rings is 1. The van der Waals surface area contributed by atoms with Crippen molar-refractivity contribution in [1.82, 2.24) is 14.8 Å². The highest BCUT2D eigenvalue weighted by molar-refractivity contribution is 6.31. The number of anilines is 1. The number of hydrogen-bond donors (Lipinski definition) is 1. The van der Waals surface area contributed by atoms with Gasteiger partial charge in [-0.25, -0.2) is 14.1 Å². The van der Waals surface area contributed by atoms with Crippen molar-refractivity contribution in [3.63, 3.8) is 0 Å². The molecular weight excluding hydrogens is 459 g/mol. The van der Waals surface area contributed by atoms with E-state index in [1.807, 2.05) is 42.5 Å². The standard InChI is InChI=1S/C25H18ClFN4O3/c26-21-12-18(27)9-8-17(21)13-31-15-28-25(30-31)29-24(32)23-11-10-19(34-23)14-33-22-7-3-5-16-4-1-2-6-20(16)22/h1-12,15H,13-14H2,(H,29,30,32). The van der Waals surface area contributed by atoms with Crippen LogP contribution in [-0.2, 0) is 13.2 Å². The van der Waals surface area contributed by atoms with Crippen molar-refractivity contribution in [3.8, 4) is 5.75 Å². The molecule has 0 aliphatic carbocycles. The highest BCUT2D eigenvalue weighted by Crippen LogP contribution is 2.26. The maximum absolute atomic E-state index is 13.2. The van der Waals surface area contributed by atoms with E-state index in [0.29, 0.717) is 11.3 Å². The Morgan fingerprint density at radius 1 is 1.09 bits per heavy atom. The van der Waals surface area contributed by atoms with E-state index in [1.54, 1.807) is 18.2 Å². The van der Waals surface area contributed by atoms with E-state index in [1.165, 1.54) is 23.1 Å². The maximum Gasteiger partial charge on any atom is 0.293 e. The van der Waals surface area contributed by atoms with Crippen LogP contribution in [0, 0.1) is 5.82 Å². The first-order valence-electron chi connectivity index (χ1n) is 10.4. The van der Waals surface area contributed by atoms with Gasteiger partial charge in [0.25, 0.3) is 5.91 Å². The third-order valence-corrected chi connectivity index (χ3v) is 5.47. The molecule has 5 rings (SSSR count). The Labute approximate surface area is 198 Å². The van der Waals surface area contributed by atoms with E-state index in [-0.39, 0.29) is 29.9 Å². The van der Waals surface area contributed by atoms with Crippen molar-refractivity contribution in [3.05, 3.63) is 107 Å². The van der Waals surface area contributed by atoms with Crippen molar-refractivity contribution in [2.75, 3.05) is 5.32 Å². The van der Waals surface area contributed by atoms with E-state index >= 15 is 0 Å². The summed E-state index contributed by atoms with van der Waals surface area (Å²) in [7, 11) is 0. The molecule has 0 unspecified atom stereocenters. The summed E-state index contributed by atoms with van der Waals surface area (Å²) in [6, 6.07) is 21.1. The van der Waals surface area contributed by atoms with Crippen LogP contribution in [0.25, 0.3) is 10.8 Å². The van der Waals surface area contributed by atoms with Gasteiger partial charge in [0, 0.05) is 10.4 Å². The van der Waals surface area contributed by atoms with E-state index in [2.05, 4.69) is 15.4 Å². The molecule has 0 spiro atoms. The molecule has 7 nitrogen and oxygen atoms in total. The molecular formula is C25H18ClFN4O3. The number of nitrogens with zero attached hydrogens (tertiary/aromatic N) is 3. The normalized spacial score (nSPS) is 11.0. The minimum absolute atomic E-state index is 0.105. The first kappa shape index (κ1) is 21.7. The lowest BCUT2D eigenvalue weighted by Gasteiger charge is -2.07. The molecule has 0 atom stereocenters. The van der Waals surface area contributed by atoms with E-state index in [0.717, 1.165) is 16.5 Å². The average Bonchev–Trinajstić information content (AvgIpc) is 3.49. The zero-order valence-electron chi connectivity index (χ0n) is 17.7. The Morgan fingerprint density at radius 3 is 2.82 bits per heavy atom. The lowest BCUT2D eigenvalue weighted by atomic mass is 10.1. The van der Waals surface area contributed by atoms with Crippen molar-refractivity contribution >= 4 is 34.2 Å². The molecule has 2 aromatic heterocycles. The van der Waals surface area contributed by atoms with Gasteiger partial charge in [-0.15, -0.1) is 5.10 Å². The zero-order valence-corrected chi connectivity index (χ0v) is 18.5. The predicted molar refractivity (Wildman–Crippen MR) is 125 cm³/mol. The van der Waals surface area contributed by atoms with Crippen LogP contribution in [0.5, 0.6) is 5.75 Å². The number of carbonyl (C=O) groups is 1. The summed E-state index contributed by atoms with van der Waals surface area (Å²) in [5.41, 5.74) is 0.674. The Kier molecular flexibility index (Phi) is 5.97. The van der Waals surface area contributed by atoms with Gasteiger partial charge >= 0.3 is 0 Å². The molecule has 1 amide bonds. The highest BCUT2D eigenvalue weighted by atomic mass is 35.5. The van der Waals surface area contributed by atoms with Crippen molar-refractivity contribution < 1.29 is 18.3 Å². The SMILES string of the molecule is O=C(Nc1ncn(Cc2ccc(F)cc2Cl)n1)c1ccc(COc2cccc3ccccc23)o1. The third-order valence-electron chi connectivity index (χ3n) is 5.11. The van der Waals surface area contributed by atoms with Crippen LogP contribution in [-0.4, -0.2) is 20.7 Å². The molecule has 1 N–H and O–H groups in total. The van der Waals surface area contributed by atoms with Crippen LogP contribution in [0.3, 0.4) is 0 Å². The largest absolute Gasteiger partial charge is 0.485 e. The molecule has 0 aliphatic rings. The van der Waals surface area contributed by atoms with Crippen LogP contribution in [0.2, 0.25) is 5.02 Å². The van der Waals surface area contributed by atoms with Gasteiger partial charge in [0.1, 0.15) is 30.3 Å². The monoisotopic (exact) mass is 476 g/mol. The smallest absolute Gasteiger partial charge is 0.293 e. The second kappa shape index (κ2) is 9.36. The van der Waals surface area contributed by atoms with E-state index in [4.69, 9.17) is 20.8 Å². The molecule has 0 radical (unpaired) electrons. The predicted octanol–water partition coefficient (Wildman–Crippen LogP) is 5.70.